The first-order valence-corrected chi connectivity index (χ1v) is 7.29. The lowest BCUT2D eigenvalue weighted by Gasteiger charge is -2.15. The van der Waals surface area contributed by atoms with Crippen LogP contribution in [0.3, 0.4) is 0 Å². The second-order valence-electron chi connectivity index (χ2n) is 5.30. The van der Waals surface area contributed by atoms with Crippen LogP contribution in [0, 0.1) is 23.0 Å². The topological polar surface area (TPSA) is 58.4 Å². The van der Waals surface area contributed by atoms with Crippen molar-refractivity contribution < 1.29 is 4.92 Å². The van der Waals surface area contributed by atoms with E-state index in [-0.39, 0.29) is 10.7 Å². The molecule has 2 rings (SSSR count). The summed E-state index contributed by atoms with van der Waals surface area (Å²) in [7, 11) is 0. The number of nitro groups is 1. The third-order valence-corrected chi connectivity index (χ3v) is 4.19. The molecule has 1 N–H and O–H groups in total. The fourth-order valence-corrected chi connectivity index (χ4v) is 2.85. The Morgan fingerprint density at radius 2 is 2.30 bits per heavy atom. The number of nitrogens with one attached hydrogen (secondary N) is 1. The fraction of sp³-hybridized carbons (Fsp3) is 0.571. The maximum absolute atomic E-state index is 10.8. The third kappa shape index (κ3) is 3.41. The number of likely N-dealkylation sites (tertiary alicyclic amines) is 1. The summed E-state index contributed by atoms with van der Waals surface area (Å²) in [5, 5.41) is 14.4. The summed E-state index contributed by atoms with van der Waals surface area (Å²) >= 11 is 5.95. The van der Waals surface area contributed by atoms with E-state index in [2.05, 4.69) is 17.1 Å². The molecule has 0 amide bonds. The van der Waals surface area contributed by atoms with Gasteiger partial charge in [0.1, 0.15) is 5.02 Å². The number of benzene rings is 1. The average molecular weight is 298 g/mol. The van der Waals surface area contributed by atoms with Crippen LogP contribution in [0.1, 0.15) is 18.9 Å². The van der Waals surface area contributed by atoms with Crippen molar-refractivity contribution >= 4 is 23.0 Å². The summed E-state index contributed by atoms with van der Waals surface area (Å²) in [5.41, 5.74) is 1.70. The predicted molar refractivity (Wildman–Crippen MR) is 81.6 cm³/mol. The van der Waals surface area contributed by atoms with E-state index in [0.29, 0.717) is 5.92 Å². The number of rotatable bonds is 5. The number of aryl methyl sites for hydroxylation is 1. The van der Waals surface area contributed by atoms with Crippen LogP contribution in [0.25, 0.3) is 0 Å². The maximum atomic E-state index is 10.8. The molecular weight excluding hydrogens is 278 g/mol. The van der Waals surface area contributed by atoms with Crippen molar-refractivity contribution in [3.05, 3.63) is 32.8 Å². The van der Waals surface area contributed by atoms with Crippen molar-refractivity contribution in [3.8, 4) is 0 Å². The number of nitro benzene ring substituents is 1. The Hall–Kier alpha value is -1.33. The number of hydrogen-bond acceptors (Lipinski definition) is 4. The summed E-state index contributed by atoms with van der Waals surface area (Å²) in [6.45, 7) is 8.28. The van der Waals surface area contributed by atoms with E-state index in [0.717, 1.165) is 37.4 Å². The predicted octanol–water partition coefficient (Wildman–Crippen LogP) is 3.31. The van der Waals surface area contributed by atoms with E-state index in [1.54, 1.807) is 6.07 Å². The van der Waals surface area contributed by atoms with E-state index in [1.165, 1.54) is 12.5 Å². The molecule has 6 heteroatoms. The molecule has 1 fully saturated rings. The first kappa shape index (κ1) is 15.1. The standard InChI is InChI=1S/C14H20ClN3O2/c1-3-17-5-4-11(9-17)8-16-13-7-12(15)14(18(19)20)6-10(13)2/h6-7,11,16H,3-5,8-9H2,1-2H3. The second kappa shape index (κ2) is 6.41. The molecule has 0 radical (unpaired) electrons. The van der Waals surface area contributed by atoms with E-state index >= 15 is 0 Å². The van der Waals surface area contributed by atoms with Crippen LogP contribution in [0.5, 0.6) is 0 Å². The van der Waals surface area contributed by atoms with Gasteiger partial charge in [0.2, 0.25) is 0 Å². The summed E-state index contributed by atoms with van der Waals surface area (Å²) in [6.07, 6.45) is 1.20. The van der Waals surface area contributed by atoms with E-state index in [1.807, 2.05) is 6.92 Å². The van der Waals surface area contributed by atoms with Crippen LogP contribution in [0.2, 0.25) is 5.02 Å². The molecule has 1 aromatic rings. The van der Waals surface area contributed by atoms with Crippen LogP contribution in [0.15, 0.2) is 12.1 Å². The highest BCUT2D eigenvalue weighted by Crippen LogP contribution is 2.30. The minimum atomic E-state index is -0.449. The van der Waals surface area contributed by atoms with Crippen molar-refractivity contribution in [3.63, 3.8) is 0 Å². The Morgan fingerprint density at radius 1 is 1.55 bits per heavy atom. The van der Waals surface area contributed by atoms with Gasteiger partial charge in [0.05, 0.1) is 4.92 Å². The number of anilines is 1. The quantitative estimate of drug-likeness (QED) is 0.669. The van der Waals surface area contributed by atoms with Gasteiger partial charge in [-0.15, -0.1) is 0 Å². The number of hydrogen-bond donors (Lipinski definition) is 1. The molecule has 1 heterocycles. The Labute approximate surface area is 124 Å². The Morgan fingerprint density at radius 3 is 2.90 bits per heavy atom. The largest absolute Gasteiger partial charge is 0.384 e. The van der Waals surface area contributed by atoms with Gasteiger partial charge in [-0.25, -0.2) is 0 Å². The monoisotopic (exact) mass is 297 g/mol. The van der Waals surface area contributed by atoms with Gasteiger partial charge in [-0.3, -0.25) is 10.1 Å². The first-order valence-electron chi connectivity index (χ1n) is 6.92. The molecule has 0 saturated carbocycles. The van der Waals surface area contributed by atoms with E-state index in [9.17, 15) is 10.1 Å². The van der Waals surface area contributed by atoms with Crippen molar-refractivity contribution in [1.82, 2.24) is 4.90 Å². The smallest absolute Gasteiger partial charge is 0.288 e. The summed E-state index contributed by atoms with van der Waals surface area (Å²) in [4.78, 5) is 12.8. The van der Waals surface area contributed by atoms with Crippen LogP contribution >= 0.6 is 11.6 Å². The molecule has 0 aromatic heterocycles. The van der Waals surface area contributed by atoms with Gasteiger partial charge in [0.15, 0.2) is 0 Å². The molecule has 1 atom stereocenters. The highest BCUT2D eigenvalue weighted by Gasteiger charge is 2.21. The maximum Gasteiger partial charge on any atom is 0.288 e. The third-order valence-electron chi connectivity index (χ3n) is 3.89. The van der Waals surface area contributed by atoms with E-state index in [4.69, 9.17) is 11.6 Å². The van der Waals surface area contributed by atoms with Gasteiger partial charge in [0, 0.05) is 24.8 Å². The lowest BCUT2D eigenvalue weighted by atomic mass is 10.1. The Balaban J connectivity index is 2.00. The SMILES string of the molecule is CCN1CCC(CNc2cc(Cl)c([N+](=O)[O-])cc2C)C1. The molecule has 5 nitrogen and oxygen atoms in total. The molecule has 110 valence electrons. The lowest BCUT2D eigenvalue weighted by Crippen LogP contribution is -2.22. The van der Waals surface area contributed by atoms with Crippen LogP contribution in [0.4, 0.5) is 11.4 Å². The van der Waals surface area contributed by atoms with Crippen LogP contribution < -0.4 is 5.32 Å². The average Bonchev–Trinajstić information content (AvgIpc) is 2.87. The van der Waals surface area contributed by atoms with Crippen LogP contribution in [-0.4, -0.2) is 36.0 Å². The molecule has 0 bridgehead atoms. The zero-order valence-electron chi connectivity index (χ0n) is 11.9. The van der Waals surface area contributed by atoms with Gasteiger partial charge in [-0.1, -0.05) is 18.5 Å². The molecule has 1 aliphatic heterocycles. The highest BCUT2D eigenvalue weighted by molar-refractivity contribution is 6.33. The minimum Gasteiger partial charge on any atom is -0.384 e. The van der Waals surface area contributed by atoms with Crippen LogP contribution in [-0.2, 0) is 0 Å². The van der Waals surface area contributed by atoms with Crippen molar-refractivity contribution in [2.24, 2.45) is 5.92 Å². The molecule has 1 aliphatic rings. The van der Waals surface area contributed by atoms with Gasteiger partial charge >= 0.3 is 0 Å². The molecule has 20 heavy (non-hydrogen) atoms. The Bertz CT molecular complexity index is 507. The molecule has 0 spiro atoms. The molecule has 1 saturated heterocycles. The molecule has 1 aromatic carbocycles. The van der Waals surface area contributed by atoms with Crippen molar-refractivity contribution in [1.29, 1.82) is 0 Å². The van der Waals surface area contributed by atoms with E-state index < -0.39 is 4.92 Å². The zero-order chi connectivity index (χ0) is 14.7. The fourth-order valence-electron chi connectivity index (χ4n) is 2.62. The van der Waals surface area contributed by atoms with Crippen molar-refractivity contribution in [2.75, 3.05) is 31.5 Å². The van der Waals surface area contributed by atoms with Gasteiger partial charge in [-0.2, -0.15) is 0 Å². The highest BCUT2D eigenvalue weighted by atomic mass is 35.5. The molecular formula is C14H20ClN3O2. The minimum absolute atomic E-state index is 0.0345. The van der Waals surface area contributed by atoms with Gasteiger partial charge < -0.3 is 10.2 Å². The first-order chi connectivity index (χ1) is 9.51. The Kier molecular flexibility index (Phi) is 4.83. The van der Waals surface area contributed by atoms with Gasteiger partial charge in [-0.05, 0) is 44.0 Å². The summed E-state index contributed by atoms with van der Waals surface area (Å²) in [6, 6.07) is 3.18. The second-order valence-corrected chi connectivity index (χ2v) is 5.71. The summed E-state index contributed by atoms with van der Waals surface area (Å²) < 4.78 is 0. The number of nitrogens with zero attached hydrogens (tertiary/aromatic N) is 2. The zero-order valence-corrected chi connectivity index (χ0v) is 12.6. The normalized spacial score (nSPS) is 19.2. The summed E-state index contributed by atoms with van der Waals surface area (Å²) in [5.74, 6) is 0.628. The molecule has 0 aliphatic carbocycles. The number of halogens is 1. The van der Waals surface area contributed by atoms with Crippen molar-refractivity contribution in [2.45, 2.75) is 20.3 Å². The lowest BCUT2D eigenvalue weighted by molar-refractivity contribution is -0.384. The molecule has 1 unspecified atom stereocenters. The van der Waals surface area contributed by atoms with Gasteiger partial charge in [0.25, 0.3) is 5.69 Å².